The zero-order valence-corrected chi connectivity index (χ0v) is 19.6. The first kappa shape index (κ1) is 25.2. The average molecular weight is 476 g/mol. The molecule has 2 N–H and O–H groups in total. The number of carbonyl (C=O) groups excluding carboxylic acids is 1. The maximum Gasteiger partial charge on any atom is 0.262 e. The third kappa shape index (κ3) is 6.02. The standard InChI is InChI=1S/C24H26ClNO5S/c1-5-8-20(22(7-3)31-13-6-2)24(28)19-11-9-17(15-21(19)25)26-32(29,30)23-12-10-18(27)14-16(23)4/h5-6,9-12,14-15,26-27H,1-2,7-8,13H2,3-4H3/b22-20+. The Morgan fingerprint density at radius 2 is 1.91 bits per heavy atom. The van der Waals surface area contributed by atoms with E-state index in [0.29, 0.717) is 29.7 Å². The van der Waals surface area contributed by atoms with Gasteiger partial charge in [-0.05, 0) is 55.3 Å². The van der Waals surface area contributed by atoms with Crippen molar-refractivity contribution >= 4 is 33.1 Å². The van der Waals surface area contributed by atoms with Gasteiger partial charge in [0.15, 0.2) is 5.78 Å². The minimum Gasteiger partial charge on any atom is -0.508 e. The lowest BCUT2D eigenvalue weighted by atomic mass is 9.98. The quantitative estimate of drug-likeness (QED) is 0.186. The third-order valence-electron chi connectivity index (χ3n) is 4.57. The van der Waals surface area contributed by atoms with E-state index < -0.39 is 10.0 Å². The molecule has 0 atom stereocenters. The Labute approximate surface area is 193 Å². The van der Waals surface area contributed by atoms with E-state index in [-0.39, 0.29) is 39.3 Å². The number of nitrogens with one attached hydrogen (secondary N) is 1. The van der Waals surface area contributed by atoms with Crippen molar-refractivity contribution in [3.05, 3.63) is 89.2 Å². The fraction of sp³-hybridized carbons (Fsp3) is 0.208. The SMILES string of the molecule is C=CCO/C(CC)=C(\CC=C)C(=O)c1ccc(NS(=O)(=O)c2ccc(O)cc2C)cc1Cl. The van der Waals surface area contributed by atoms with Crippen molar-refractivity contribution in [2.45, 2.75) is 31.6 Å². The molecule has 0 fully saturated rings. The van der Waals surface area contributed by atoms with E-state index in [2.05, 4.69) is 17.9 Å². The fourth-order valence-corrected chi connectivity index (χ4v) is 4.65. The van der Waals surface area contributed by atoms with Gasteiger partial charge in [-0.15, -0.1) is 6.58 Å². The molecule has 0 unspecified atom stereocenters. The molecule has 0 aliphatic rings. The number of phenols is 1. The van der Waals surface area contributed by atoms with Crippen molar-refractivity contribution in [3.8, 4) is 5.75 Å². The number of rotatable bonds is 11. The summed E-state index contributed by atoms with van der Waals surface area (Å²) in [6, 6.07) is 8.28. The average Bonchev–Trinajstić information content (AvgIpc) is 2.72. The van der Waals surface area contributed by atoms with E-state index >= 15 is 0 Å². The third-order valence-corrected chi connectivity index (χ3v) is 6.42. The van der Waals surface area contributed by atoms with Gasteiger partial charge in [0.05, 0.1) is 15.6 Å². The van der Waals surface area contributed by atoms with Crippen LogP contribution in [0.5, 0.6) is 5.75 Å². The summed E-state index contributed by atoms with van der Waals surface area (Å²) in [5.41, 5.74) is 1.24. The number of anilines is 1. The fourth-order valence-electron chi connectivity index (χ4n) is 3.11. The summed E-state index contributed by atoms with van der Waals surface area (Å²) in [4.78, 5) is 13.2. The summed E-state index contributed by atoms with van der Waals surface area (Å²) in [7, 11) is -3.92. The van der Waals surface area contributed by atoms with Crippen molar-refractivity contribution in [1.29, 1.82) is 0 Å². The largest absolute Gasteiger partial charge is 0.508 e. The molecule has 170 valence electrons. The van der Waals surface area contributed by atoms with Crippen molar-refractivity contribution in [3.63, 3.8) is 0 Å². The molecule has 0 amide bonds. The molecule has 8 heteroatoms. The van der Waals surface area contributed by atoms with Crippen LogP contribution in [0.1, 0.15) is 35.7 Å². The first-order valence-electron chi connectivity index (χ1n) is 9.87. The molecule has 0 saturated heterocycles. The Morgan fingerprint density at radius 3 is 2.47 bits per heavy atom. The molecule has 0 bridgehead atoms. The summed E-state index contributed by atoms with van der Waals surface area (Å²) >= 11 is 6.35. The maximum absolute atomic E-state index is 13.2. The van der Waals surface area contributed by atoms with Gasteiger partial charge in [-0.2, -0.15) is 0 Å². The van der Waals surface area contributed by atoms with Gasteiger partial charge in [-0.1, -0.05) is 37.3 Å². The number of sulfonamides is 1. The number of aromatic hydroxyl groups is 1. The Balaban J connectivity index is 2.38. The van der Waals surface area contributed by atoms with Crippen molar-refractivity contribution in [2.75, 3.05) is 11.3 Å². The number of hydrogen-bond donors (Lipinski definition) is 2. The molecule has 0 radical (unpaired) electrons. The van der Waals surface area contributed by atoms with Crippen LogP contribution in [0.3, 0.4) is 0 Å². The van der Waals surface area contributed by atoms with E-state index in [9.17, 15) is 18.3 Å². The molecular weight excluding hydrogens is 450 g/mol. The molecule has 32 heavy (non-hydrogen) atoms. The lowest BCUT2D eigenvalue weighted by molar-refractivity contribution is 0.102. The van der Waals surface area contributed by atoms with Gasteiger partial charge in [0.1, 0.15) is 18.1 Å². The Bertz CT molecular complexity index is 1170. The number of allylic oxidation sites excluding steroid dienone is 3. The molecule has 0 spiro atoms. The second-order valence-corrected chi connectivity index (χ2v) is 8.98. The van der Waals surface area contributed by atoms with Gasteiger partial charge in [0.25, 0.3) is 10.0 Å². The van der Waals surface area contributed by atoms with Crippen LogP contribution in [0.15, 0.2) is 77.9 Å². The highest BCUT2D eigenvalue weighted by Gasteiger charge is 2.21. The number of ketones is 1. The molecule has 0 aliphatic carbocycles. The van der Waals surface area contributed by atoms with E-state index in [0.717, 1.165) is 0 Å². The minimum absolute atomic E-state index is 0.0229. The number of phenolic OH excluding ortho intramolecular Hbond substituents is 1. The van der Waals surface area contributed by atoms with Crippen LogP contribution in [0.4, 0.5) is 5.69 Å². The highest BCUT2D eigenvalue weighted by Crippen LogP contribution is 2.29. The molecule has 0 saturated carbocycles. The molecule has 0 aromatic heterocycles. The monoisotopic (exact) mass is 475 g/mol. The molecular formula is C24H26ClNO5S. The molecule has 0 heterocycles. The minimum atomic E-state index is -3.92. The van der Waals surface area contributed by atoms with E-state index in [1.165, 1.54) is 36.4 Å². The maximum atomic E-state index is 13.2. The second kappa shape index (κ2) is 11.0. The van der Waals surface area contributed by atoms with Gasteiger partial charge >= 0.3 is 0 Å². The van der Waals surface area contributed by atoms with Gasteiger partial charge in [0.2, 0.25) is 0 Å². The highest BCUT2D eigenvalue weighted by atomic mass is 35.5. The number of halogens is 1. The first-order chi connectivity index (χ1) is 15.1. The lowest BCUT2D eigenvalue weighted by Gasteiger charge is -2.15. The summed E-state index contributed by atoms with van der Waals surface area (Å²) < 4.78 is 33.6. The summed E-state index contributed by atoms with van der Waals surface area (Å²) in [5.74, 6) is 0.178. The summed E-state index contributed by atoms with van der Waals surface area (Å²) in [6.07, 6.45) is 4.00. The van der Waals surface area contributed by atoms with E-state index in [1.54, 1.807) is 19.1 Å². The van der Waals surface area contributed by atoms with Gasteiger partial charge in [-0.3, -0.25) is 9.52 Å². The summed E-state index contributed by atoms with van der Waals surface area (Å²) in [5, 5.41) is 9.61. The number of Topliss-reactive ketones (excluding diaryl/α,β-unsaturated/α-hetero) is 1. The van der Waals surface area contributed by atoms with E-state index in [1.807, 2.05) is 6.92 Å². The van der Waals surface area contributed by atoms with Gasteiger partial charge < -0.3 is 9.84 Å². The number of aryl methyl sites for hydroxylation is 1. The Kier molecular flexibility index (Phi) is 8.69. The van der Waals surface area contributed by atoms with Crippen LogP contribution >= 0.6 is 11.6 Å². The molecule has 0 aliphatic heterocycles. The predicted molar refractivity (Wildman–Crippen MR) is 128 cm³/mol. The molecule has 2 rings (SSSR count). The molecule has 2 aromatic carbocycles. The van der Waals surface area contributed by atoms with Crippen LogP contribution < -0.4 is 4.72 Å². The topological polar surface area (TPSA) is 92.7 Å². The number of ether oxygens (including phenoxy) is 1. The van der Waals surface area contributed by atoms with Crippen LogP contribution in [-0.4, -0.2) is 25.9 Å². The number of hydrogen-bond acceptors (Lipinski definition) is 5. The van der Waals surface area contributed by atoms with Crippen LogP contribution in [0.2, 0.25) is 5.02 Å². The van der Waals surface area contributed by atoms with Gasteiger partial charge in [-0.25, -0.2) is 8.42 Å². The Hall–Kier alpha value is -3.03. The second-order valence-electron chi connectivity index (χ2n) is 6.93. The van der Waals surface area contributed by atoms with E-state index in [4.69, 9.17) is 16.3 Å². The normalized spacial score (nSPS) is 12.0. The van der Waals surface area contributed by atoms with Crippen LogP contribution in [0.25, 0.3) is 0 Å². The summed E-state index contributed by atoms with van der Waals surface area (Å²) in [6.45, 7) is 11.0. The highest BCUT2D eigenvalue weighted by molar-refractivity contribution is 7.92. The first-order valence-corrected chi connectivity index (χ1v) is 11.7. The van der Waals surface area contributed by atoms with Gasteiger partial charge in [0, 0.05) is 17.6 Å². The molecule has 2 aromatic rings. The number of benzene rings is 2. The van der Waals surface area contributed by atoms with Crippen molar-refractivity contribution in [2.24, 2.45) is 0 Å². The van der Waals surface area contributed by atoms with Crippen LogP contribution in [0, 0.1) is 6.92 Å². The van der Waals surface area contributed by atoms with Crippen molar-refractivity contribution < 1.29 is 23.1 Å². The zero-order chi connectivity index (χ0) is 23.9. The van der Waals surface area contributed by atoms with Crippen LogP contribution in [-0.2, 0) is 14.8 Å². The number of carbonyl (C=O) groups is 1. The lowest BCUT2D eigenvalue weighted by Crippen LogP contribution is -2.15. The van der Waals surface area contributed by atoms with Crippen molar-refractivity contribution in [1.82, 2.24) is 0 Å². The predicted octanol–water partition coefficient (Wildman–Crippen LogP) is 5.78. The molecule has 6 nitrogen and oxygen atoms in total. The Morgan fingerprint density at radius 1 is 1.19 bits per heavy atom. The zero-order valence-electron chi connectivity index (χ0n) is 18.0. The smallest absolute Gasteiger partial charge is 0.262 e.